The van der Waals surface area contributed by atoms with Gasteiger partial charge in [0.2, 0.25) is 0 Å². The molecule has 0 amide bonds. The van der Waals surface area contributed by atoms with Gasteiger partial charge in [0, 0.05) is 6.42 Å². The number of hydrogen-bond acceptors (Lipinski definition) is 4. The van der Waals surface area contributed by atoms with Gasteiger partial charge in [-0.15, -0.1) is 0 Å². The molecule has 0 bridgehead atoms. The van der Waals surface area contributed by atoms with Crippen LogP contribution < -0.4 is 0 Å². The van der Waals surface area contributed by atoms with Crippen LogP contribution in [0.4, 0.5) is 0 Å². The van der Waals surface area contributed by atoms with E-state index in [-0.39, 0.29) is 13.0 Å². The fourth-order valence-corrected chi connectivity index (χ4v) is 0.993. The summed E-state index contributed by atoms with van der Waals surface area (Å²) in [6.07, 6.45) is -0.678. The van der Waals surface area contributed by atoms with E-state index < -0.39 is 17.9 Å². The molecule has 2 atom stereocenters. The van der Waals surface area contributed by atoms with E-state index in [9.17, 15) is 4.79 Å². The molecule has 0 radical (unpaired) electrons. The first-order valence-corrected chi connectivity index (χ1v) is 3.32. The minimum absolute atomic E-state index is 0.0734. The summed E-state index contributed by atoms with van der Waals surface area (Å²) in [6.45, 7) is 0.0734. The van der Waals surface area contributed by atoms with Gasteiger partial charge in [0.15, 0.2) is 0 Å². The van der Waals surface area contributed by atoms with E-state index in [1.807, 2.05) is 0 Å². The molecule has 64 valence electrons. The summed E-state index contributed by atoms with van der Waals surface area (Å²) in [7, 11) is 0. The molecule has 1 aliphatic rings. The third kappa shape index (κ3) is 1.68. The molecule has 11 heavy (non-hydrogen) atoms. The van der Waals surface area contributed by atoms with Gasteiger partial charge < -0.3 is 20.1 Å². The van der Waals surface area contributed by atoms with Crippen LogP contribution in [0.25, 0.3) is 0 Å². The van der Waals surface area contributed by atoms with Gasteiger partial charge >= 0.3 is 5.97 Å². The van der Waals surface area contributed by atoms with Crippen LogP contribution in [0.3, 0.4) is 0 Å². The van der Waals surface area contributed by atoms with E-state index in [1.54, 1.807) is 0 Å². The van der Waals surface area contributed by atoms with Gasteiger partial charge in [0.05, 0.1) is 12.7 Å². The maximum absolute atomic E-state index is 10.3. The highest BCUT2D eigenvalue weighted by Crippen LogP contribution is 2.22. The van der Waals surface area contributed by atoms with Crippen LogP contribution in [0.2, 0.25) is 0 Å². The van der Waals surface area contributed by atoms with E-state index in [4.69, 9.17) is 15.3 Å². The molecule has 0 aromatic carbocycles. The largest absolute Gasteiger partial charge is 0.477 e. The Morgan fingerprint density at radius 3 is 2.64 bits per heavy atom. The van der Waals surface area contributed by atoms with Gasteiger partial charge in [-0.1, -0.05) is 0 Å². The first-order valence-electron chi connectivity index (χ1n) is 3.32. The van der Waals surface area contributed by atoms with E-state index in [0.717, 1.165) is 0 Å². The van der Waals surface area contributed by atoms with E-state index >= 15 is 0 Å². The number of carboxylic acids is 1. The van der Waals surface area contributed by atoms with Crippen LogP contribution >= 0.6 is 0 Å². The SMILES string of the molecule is O=C(O)C1(O)CC(O)CCO1. The van der Waals surface area contributed by atoms with Crippen molar-refractivity contribution in [2.75, 3.05) is 6.61 Å². The van der Waals surface area contributed by atoms with Crippen molar-refractivity contribution in [3.05, 3.63) is 0 Å². The Bertz CT molecular complexity index is 168. The monoisotopic (exact) mass is 162 g/mol. The van der Waals surface area contributed by atoms with Crippen molar-refractivity contribution in [3.8, 4) is 0 Å². The lowest BCUT2D eigenvalue weighted by atomic mass is 10.0. The van der Waals surface area contributed by atoms with E-state index in [1.165, 1.54) is 0 Å². The van der Waals surface area contributed by atoms with Crippen molar-refractivity contribution in [1.29, 1.82) is 0 Å². The number of aliphatic carboxylic acids is 1. The summed E-state index contributed by atoms with van der Waals surface area (Å²) in [5.74, 6) is -3.63. The van der Waals surface area contributed by atoms with Crippen LogP contribution in [0.15, 0.2) is 0 Å². The summed E-state index contributed by atoms with van der Waals surface area (Å²) < 4.78 is 4.59. The maximum Gasteiger partial charge on any atom is 0.364 e. The first-order chi connectivity index (χ1) is 5.04. The number of aliphatic hydroxyl groups excluding tert-OH is 1. The molecule has 1 fully saturated rings. The molecule has 1 aliphatic heterocycles. The predicted molar refractivity (Wildman–Crippen MR) is 33.8 cm³/mol. The number of hydrogen-bond donors (Lipinski definition) is 3. The summed E-state index contributed by atoms with van der Waals surface area (Å²) in [6, 6.07) is 0. The molecular formula is C6H10O5. The van der Waals surface area contributed by atoms with E-state index in [2.05, 4.69) is 4.74 Å². The summed E-state index contributed by atoms with van der Waals surface area (Å²) in [5, 5.41) is 26.6. The van der Waals surface area contributed by atoms with Gasteiger partial charge in [-0.3, -0.25) is 0 Å². The third-order valence-electron chi connectivity index (χ3n) is 1.64. The third-order valence-corrected chi connectivity index (χ3v) is 1.64. The van der Waals surface area contributed by atoms with Crippen molar-refractivity contribution >= 4 is 5.97 Å². The second-order valence-corrected chi connectivity index (χ2v) is 2.58. The van der Waals surface area contributed by atoms with Gasteiger partial charge in [-0.2, -0.15) is 0 Å². The topological polar surface area (TPSA) is 87.0 Å². The highest BCUT2D eigenvalue weighted by molar-refractivity contribution is 5.75. The minimum atomic E-state index is -2.18. The Kier molecular flexibility index (Phi) is 2.12. The lowest BCUT2D eigenvalue weighted by Crippen LogP contribution is -2.48. The van der Waals surface area contributed by atoms with Crippen molar-refractivity contribution in [2.45, 2.75) is 24.7 Å². The lowest BCUT2D eigenvalue weighted by Gasteiger charge is -2.30. The lowest BCUT2D eigenvalue weighted by molar-refractivity contribution is -0.248. The molecule has 0 aliphatic carbocycles. The summed E-state index contributed by atoms with van der Waals surface area (Å²) in [4.78, 5) is 10.3. The van der Waals surface area contributed by atoms with Crippen molar-refractivity contribution in [3.63, 3.8) is 0 Å². The Morgan fingerprint density at radius 1 is 1.64 bits per heavy atom. The highest BCUT2D eigenvalue weighted by atomic mass is 16.6. The number of ether oxygens (including phenoxy) is 1. The zero-order valence-electron chi connectivity index (χ0n) is 5.86. The summed E-state index contributed by atoms with van der Waals surface area (Å²) in [5.41, 5.74) is 0. The Morgan fingerprint density at radius 2 is 2.27 bits per heavy atom. The normalized spacial score (nSPS) is 38.5. The van der Waals surface area contributed by atoms with Crippen molar-refractivity contribution in [2.24, 2.45) is 0 Å². The molecule has 1 rings (SSSR count). The average molecular weight is 162 g/mol. The number of carboxylic acid groups (broad SMARTS) is 1. The zero-order chi connectivity index (χ0) is 8.48. The highest BCUT2D eigenvalue weighted by Gasteiger charge is 2.42. The molecule has 0 aromatic rings. The number of aliphatic hydroxyl groups is 2. The zero-order valence-corrected chi connectivity index (χ0v) is 5.86. The van der Waals surface area contributed by atoms with Gasteiger partial charge in [-0.25, -0.2) is 4.79 Å². The molecule has 0 spiro atoms. The van der Waals surface area contributed by atoms with Crippen LogP contribution in [0.5, 0.6) is 0 Å². The van der Waals surface area contributed by atoms with Crippen LogP contribution in [-0.4, -0.2) is 39.8 Å². The van der Waals surface area contributed by atoms with Crippen LogP contribution in [0.1, 0.15) is 12.8 Å². The van der Waals surface area contributed by atoms with Crippen LogP contribution in [0, 0.1) is 0 Å². The molecule has 5 nitrogen and oxygen atoms in total. The molecule has 0 aromatic heterocycles. The molecular weight excluding hydrogens is 152 g/mol. The maximum atomic E-state index is 10.3. The van der Waals surface area contributed by atoms with Crippen molar-refractivity contribution < 1.29 is 24.9 Å². The molecule has 5 heteroatoms. The van der Waals surface area contributed by atoms with Gasteiger partial charge in [0.25, 0.3) is 5.79 Å². The first kappa shape index (κ1) is 8.45. The van der Waals surface area contributed by atoms with E-state index in [0.29, 0.717) is 6.42 Å². The molecule has 2 unspecified atom stereocenters. The molecule has 3 N–H and O–H groups in total. The Labute approximate surface area is 63.2 Å². The van der Waals surface area contributed by atoms with Gasteiger partial charge in [0.1, 0.15) is 0 Å². The second kappa shape index (κ2) is 2.77. The predicted octanol–water partition coefficient (Wildman–Crippen LogP) is -1.07. The summed E-state index contributed by atoms with van der Waals surface area (Å²) >= 11 is 0. The smallest absolute Gasteiger partial charge is 0.364 e. The quantitative estimate of drug-likeness (QED) is 0.457. The fourth-order valence-electron chi connectivity index (χ4n) is 0.993. The molecule has 1 saturated heterocycles. The number of carbonyl (C=O) groups is 1. The molecule has 0 saturated carbocycles. The van der Waals surface area contributed by atoms with Crippen molar-refractivity contribution in [1.82, 2.24) is 0 Å². The van der Waals surface area contributed by atoms with Gasteiger partial charge in [-0.05, 0) is 6.42 Å². The minimum Gasteiger partial charge on any atom is -0.477 e. The average Bonchev–Trinajstić information content (AvgIpc) is 1.86. The molecule has 1 heterocycles. The Balaban J connectivity index is 2.63. The fraction of sp³-hybridized carbons (Fsp3) is 0.833. The number of rotatable bonds is 1. The van der Waals surface area contributed by atoms with Crippen LogP contribution in [-0.2, 0) is 9.53 Å². The Hall–Kier alpha value is -0.650. The standard InChI is InChI=1S/C6H10O5/c7-4-1-2-11-6(10,3-4)5(8)9/h4,7,10H,1-3H2,(H,8,9). The second-order valence-electron chi connectivity index (χ2n) is 2.58.